The van der Waals surface area contributed by atoms with Crippen LogP contribution in [-0.2, 0) is 14.3 Å². The number of hydrogen-bond acceptors (Lipinski definition) is 5. The third-order valence-corrected chi connectivity index (χ3v) is 3.16. The zero-order valence-electron chi connectivity index (χ0n) is 12.0. The highest BCUT2D eigenvalue weighted by molar-refractivity contribution is 6.35. The summed E-state index contributed by atoms with van der Waals surface area (Å²) in [5.74, 6) is -1.03. The average molecular weight is 355 g/mol. The van der Waals surface area contributed by atoms with Gasteiger partial charge in [-0.05, 0) is 30.7 Å². The summed E-state index contributed by atoms with van der Waals surface area (Å²) in [5, 5.41) is 6.91. The van der Waals surface area contributed by atoms with E-state index in [1.165, 1.54) is 12.2 Å². The summed E-state index contributed by atoms with van der Waals surface area (Å²) >= 11 is 11.7. The maximum atomic E-state index is 11.6. The largest absolute Gasteiger partial charge is 0.452 e. The minimum absolute atomic E-state index is 0.187. The fourth-order valence-electron chi connectivity index (χ4n) is 1.58. The number of aromatic nitrogens is 1. The lowest BCUT2D eigenvalue weighted by molar-refractivity contribution is -0.142. The van der Waals surface area contributed by atoms with Crippen molar-refractivity contribution in [1.82, 2.24) is 5.16 Å². The Kier molecular flexibility index (Phi) is 5.78. The number of benzene rings is 1. The van der Waals surface area contributed by atoms with Crippen molar-refractivity contribution in [3.8, 4) is 0 Å². The van der Waals surface area contributed by atoms with Crippen molar-refractivity contribution in [3.05, 3.63) is 51.6 Å². The van der Waals surface area contributed by atoms with E-state index in [0.717, 1.165) is 0 Å². The van der Waals surface area contributed by atoms with Crippen LogP contribution in [-0.4, -0.2) is 23.6 Å². The molecule has 0 bridgehead atoms. The third kappa shape index (κ3) is 5.43. The van der Waals surface area contributed by atoms with Crippen LogP contribution in [0.4, 0.5) is 5.88 Å². The molecule has 0 saturated carbocycles. The lowest BCUT2D eigenvalue weighted by Crippen LogP contribution is -2.19. The van der Waals surface area contributed by atoms with E-state index in [0.29, 0.717) is 21.3 Å². The second-order valence-electron chi connectivity index (χ2n) is 4.49. The summed E-state index contributed by atoms with van der Waals surface area (Å²) in [5.41, 5.74) is 1.23. The monoisotopic (exact) mass is 354 g/mol. The highest BCUT2D eigenvalue weighted by Gasteiger charge is 2.08. The number of aryl methyl sites for hydroxylation is 1. The van der Waals surface area contributed by atoms with E-state index in [1.807, 2.05) is 0 Å². The standard InChI is InChI=1S/C15H12Cl2N2O4/c1-9-6-14(23-19-9)18-13(20)8-22-15(21)5-3-10-2-4-11(16)7-12(10)17/h2-7H,8H2,1H3,(H,18,20)/b5-3+. The Hall–Kier alpha value is -2.31. The molecule has 2 rings (SSSR count). The smallest absolute Gasteiger partial charge is 0.331 e. The molecule has 0 unspecified atom stereocenters. The van der Waals surface area contributed by atoms with Crippen molar-refractivity contribution in [2.24, 2.45) is 0 Å². The van der Waals surface area contributed by atoms with E-state index in [4.69, 9.17) is 32.5 Å². The predicted molar refractivity (Wildman–Crippen MR) is 86.3 cm³/mol. The summed E-state index contributed by atoms with van der Waals surface area (Å²) in [6.07, 6.45) is 2.64. The first-order valence-corrected chi connectivity index (χ1v) is 7.22. The van der Waals surface area contributed by atoms with Gasteiger partial charge in [-0.2, -0.15) is 0 Å². The summed E-state index contributed by atoms with van der Waals surface area (Å²) in [6.45, 7) is 1.27. The number of ether oxygens (including phenoxy) is 1. The van der Waals surface area contributed by atoms with Gasteiger partial charge in [-0.25, -0.2) is 4.79 Å². The zero-order valence-corrected chi connectivity index (χ0v) is 13.5. The number of anilines is 1. The Labute approximate surface area is 142 Å². The van der Waals surface area contributed by atoms with E-state index in [2.05, 4.69) is 10.5 Å². The first kappa shape index (κ1) is 17.1. The number of esters is 1. The topological polar surface area (TPSA) is 81.4 Å². The van der Waals surface area contributed by atoms with Crippen molar-refractivity contribution in [2.75, 3.05) is 11.9 Å². The number of nitrogens with zero attached hydrogens (tertiary/aromatic N) is 1. The molecule has 2 aromatic rings. The molecule has 0 aliphatic carbocycles. The van der Waals surface area contributed by atoms with Crippen molar-refractivity contribution in [1.29, 1.82) is 0 Å². The van der Waals surface area contributed by atoms with Crippen LogP contribution in [0.3, 0.4) is 0 Å². The Balaban J connectivity index is 1.82. The molecule has 0 saturated heterocycles. The molecule has 23 heavy (non-hydrogen) atoms. The molecule has 0 atom stereocenters. The van der Waals surface area contributed by atoms with Gasteiger partial charge in [0.25, 0.3) is 5.91 Å². The second kappa shape index (κ2) is 7.80. The number of amides is 1. The van der Waals surface area contributed by atoms with Gasteiger partial charge >= 0.3 is 5.97 Å². The van der Waals surface area contributed by atoms with Crippen LogP contribution in [0.15, 0.2) is 34.9 Å². The van der Waals surface area contributed by atoms with E-state index in [1.54, 1.807) is 31.2 Å². The number of carbonyl (C=O) groups is 2. The van der Waals surface area contributed by atoms with E-state index < -0.39 is 18.5 Å². The predicted octanol–water partition coefficient (Wildman–Crippen LogP) is 3.48. The highest BCUT2D eigenvalue weighted by Crippen LogP contribution is 2.21. The molecule has 1 heterocycles. The number of hydrogen-bond donors (Lipinski definition) is 1. The van der Waals surface area contributed by atoms with Crippen molar-refractivity contribution in [3.63, 3.8) is 0 Å². The maximum Gasteiger partial charge on any atom is 0.331 e. The molecule has 6 nitrogen and oxygen atoms in total. The average Bonchev–Trinajstić information content (AvgIpc) is 2.89. The first-order valence-electron chi connectivity index (χ1n) is 6.47. The number of carbonyl (C=O) groups excluding carboxylic acids is 2. The minimum Gasteiger partial charge on any atom is -0.452 e. The fraction of sp³-hybridized carbons (Fsp3) is 0.133. The number of rotatable bonds is 5. The Morgan fingerprint density at radius 2 is 2.13 bits per heavy atom. The van der Waals surface area contributed by atoms with E-state index >= 15 is 0 Å². The minimum atomic E-state index is -0.681. The second-order valence-corrected chi connectivity index (χ2v) is 5.33. The van der Waals surface area contributed by atoms with Crippen LogP contribution in [0.2, 0.25) is 10.0 Å². The van der Waals surface area contributed by atoms with Crippen molar-refractivity contribution >= 4 is 47.0 Å². The van der Waals surface area contributed by atoms with Crippen LogP contribution >= 0.6 is 23.2 Å². The van der Waals surface area contributed by atoms with Gasteiger partial charge in [0.2, 0.25) is 5.88 Å². The molecule has 1 amide bonds. The van der Waals surface area contributed by atoms with Gasteiger partial charge in [-0.15, -0.1) is 0 Å². The Morgan fingerprint density at radius 1 is 1.35 bits per heavy atom. The molecule has 0 aliphatic rings. The zero-order chi connectivity index (χ0) is 16.8. The molecule has 1 aromatic carbocycles. The molecule has 0 aliphatic heterocycles. The lowest BCUT2D eigenvalue weighted by atomic mass is 10.2. The maximum absolute atomic E-state index is 11.6. The van der Waals surface area contributed by atoms with Gasteiger partial charge in [-0.1, -0.05) is 34.4 Å². The molecule has 1 aromatic heterocycles. The van der Waals surface area contributed by atoms with Gasteiger partial charge in [0.1, 0.15) is 0 Å². The van der Waals surface area contributed by atoms with E-state index in [9.17, 15) is 9.59 Å². The van der Waals surface area contributed by atoms with Gasteiger partial charge in [-0.3, -0.25) is 10.1 Å². The van der Waals surface area contributed by atoms with Gasteiger partial charge < -0.3 is 9.26 Å². The SMILES string of the molecule is Cc1cc(NC(=O)COC(=O)/C=C/c2ccc(Cl)cc2Cl)on1. The van der Waals surface area contributed by atoms with Gasteiger partial charge in [0.05, 0.1) is 5.69 Å². The van der Waals surface area contributed by atoms with Crippen LogP contribution in [0.25, 0.3) is 6.08 Å². The molecule has 0 fully saturated rings. The summed E-state index contributed by atoms with van der Waals surface area (Å²) < 4.78 is 9.61. The number of nitrogens with one attached hydrogen (secondary N) is 1. The van der Waals surface area contributed by atoms with Crippen LogP contribution in [0.5, 0.6) is 0 Å². The fourth-order valence-corrected chi connectivity index (χ4v) is 2.05. The normalized spacial score (nSPS) is 10.7. The summed E-state index contributed by atoms with van der Waals surface area (Å²) in [4.78, 5) is 23.1. The Bertz CT molecular complexity index is 756. The quantitative estimate of drug-likeness (QED) is 0.656. The number of halogens is 2. The van der Waals surface area contributed by atoms with Gasteiger partial charge in [0, 0.05) is 22.2 Å². The van der Waals surface area contributed by atoms with Gasteiger partial charge in [0.15, 0.2) is 6.61 Å². The molecule has 8 heteroatoms. The van der Waals surface area contributed by atoms with Crippen LogP contribution < -0.4 is 5.32 Å². The summed E-state index contributed by atoms with van der Waals surface area (Å²) in [7, 11) is 0. The Morgan fingerprint density at radius 3 is 2.78 bits per heavy atom. The van der Waals surface area contributed by atoms with Crippen molar-refractivity contribution in [2.45, 2.75) is 6.92 Å². The molecule has 0 radical (unpaired) electrons. The summed E-state index contributed by atoms with van der Waals surface area (Å²) in [6, 6.07) is 6.40. The molecule has 120 valence electrons. The van der Waals surface area contributed by atoms with Crippen molar-refractivity contribution < 1.29 is 18.8 Å². The molecular formula is C15H12Cl2N2O4. The van der Waals surface area contributed by atoms with Crippen LogP contribution in [0.1, 0.15) is 11.3 Å². The highest BCUT2D eigenvalue weighted by atomic mass is 35.5. The molecular weight excluding hydrogens is 343 g/mol. The molecule has 1 N–H and O–H groups in total. The molecule has 0 spiro atoms. The lowest BCUT2D eigenvalue weighted by Gasteiger charge is -2.02. The third-order valence-electron chi connectivity index (χ3n) is 2.60. The van der Waals surface area contributed by atoms with E-state index in [-0.39, 0.29) is 5.88 Å². The first-order chi connectivity index (χ1) is 10.9. The van der Waals surface area contributed by atoms with Crippen LogP contribution in [0, 0.1) is 6.92 Å².